The van der Waals surface area contributed by atoms with E-state index >= 15 is 0 Å². The van der Waals surface area contributed by atoms with E-state index < -0.39 is 6.10 Å². The summed E-state index contributed by atoms with van der Waals surface area (Å²) < 4.78 is 11.4. The Morgan fingerprint density at radius 3 is 2.55 bits per heavy atom. The lowest BCUT2D eigenvalue weighted by molar-refractivity contribution is 0.153. The fraction of sp³-hybridized carbons (Fsp3) is 0.263. The van der Waals surface area contributed by atoms with E-state index in [-0.39, 0.29) is 6.10 Å². The predicted octanol–water partition coefficient (Wildman–Crippen LogP) is 3.98. The van der Waals surface area contributed by atoms with E-state index in [0.29, 0.717) is 6.42 Å². The van der Waals surface area contributed by atoms with Gasteiger partial charge in [-0.25, -0.2) is 0 Å². The molecule has 2 atom stereocenters. The SMILES string of the molecule is CC[C@@H](O)C1=Cc2ccccc2O[C@@H]1c1ccc(OC)cc1. The first-order valence-corrected chi connectivity index (χ1v) is 7.52. The van der Waals surface area contributed by atoms with Crippen LogP contribution >= 0.6 is 0 Å². The van der Waals surface area contributed by atoms with Gasteiger partial charge in [-0.15, -0.1) is 0 Å². The smallest absolute Gasteiger partial charge is 0.148 e. The highest BCUT2D eigenvalue weighted by Crippen LogP contribution is 2.39. The molecule has 3 rings (SSSR count). The molecule has 0 radical (unpaired) electrons. The van der Waals surface area contributed by atoms with E-state index in [0.717, 1.165) is 28.2 Å². The van der Waals surface area contributed by atoms with Crippen molar-refractivity contribution < 1.29 is 14.6 Å². The first-order chi connectivity index (χ1) is 10.7. The van der Waals surface area contributed by atoms with Gasteiger partial charge in [0.2, 0.25) is 0 Å². The number of hydrogen-bond acceptors (Lipinski definition) is 3. The number of ether oxygens (including phenoxy) is 2. The molecule has 22 heavy (non-hydrogen) atoms. The maximum absolute atomic E-state index is 10.4. The lowest BCUT2D eigenvalue weighted by Crippen LogP contribution is -2.23. The van der Waals surface area contributed by atoms with Crippen LogP contribution in [-0.4, -0.2) is 18.3 Å². The molecule has 3 nitrogen and oxygen atoms in total. The van der Waals surface area contributed by atoms with Crippen LogP contribution in [0.5, 0.6) is 11.5 Å². The summed E-state index contributed by atoms with van der Waals surface area (Å²) in [6, 6.07) is 15.7. The summed E-state index contributed by atoms with van der Waals surface area (Å²) >= 11 is 0. The first kappa shape index (κ1) is 14.7. The summed E-state index contributed by atoms with van der Waals surface area (Å²) in [6.45, 7) is 1.97. The number of para-hydroxylation sites is 1. The summed E-state index contributed by atoms with van der Waals surface area (Å²) in [4.78, 5) is 0. The monoisotopic (exact) mass is 296 g/mol. The van der Waals surface area contributed by atoms with Gasteiger partial charge in [-0.3, -0.25) is 0 Å². The van der Waals surface area contributed by atoms with Gasteiger partial charge in [0.15, 0.2) is 0 Å². The van der Waals surface area contributed by atoms with Crippen LogP contribution in [0, 0.1) is 0 Å². The van der Waals surface area contributed by atoms with E-state index in [4.69, 9.17) is 9.47 Å². The maximum Gasteiger partial charge on any atom is 0.148 e. The number of methoxy groups -OCH3 is 1. The summed E-state index contributed by atoms with van der Waals surface area (Å²) in [7, 11) is 1.65. The zero-order valence-electron chi connectivity index (χ0n) is 12.8. The van der Waals surface area contributed by atoms with Gasteiger partial charge in [0.05, 0.1) is 13.2 Å². The highest BCUT2D eigenvalue weighted by atomic mass is 16.5. The third kappa shape index (κ3) is 2.72. The Labute approximate surface area is 130 Å². The highest BCUT2D eigenvalue weighted by Gasteiger charge is 2.28. The van der Waals surface area contributed by atoms with Crippen LogP contribution in [0.25, 0.3) is 6.08 Å². The molecule has 0 aliphatic carbocycles. The van der Waals surface area contributed by atoms with Crippen LogP contribution in [0.2, 0.25) is 0 Å². The van der Waals surface area contributed by atoms with Gasteiger partial charge in [-0.1, -0.05) is 37.3 Å². The molecule has 0 fully saturated rings. The molecule has 0 unspecified atom stereocenters. The van der Waals surface area contributed by atoms with E-state index in [1.165, 1.54) is 0 Å². The number of hydrogen-bond donors (Lipinski definition) is 1. The summed E-state index contributed by atoms with van der Waals surface area (Å²) in [5.74, 6) is 1.65. The molecular weight excluding hydrogens is 276 g/mol. The topological polar surface area (TPSA) is 38.7 Å². The molecule has 0 spiro atoms. The molecule has 2 aromatic rings. The minimum atomic E-state index is -0.513. The van der Waals surface area contributed by atoms with E-state index in [9.17, 15) is 5.11 Å². The summed E-state index contributed by atoms with van der Waals surface area (Å²) in [5, 5.41) is 10.4. The van der Waals surface area contributed by atoms with E-state index in [1.54, 1.807) is 7.11 Å². The molecule has 0 saturated heterocycles. The predicted molar refractivity (Wildman–Crippen MR) is 87.1 cm³/mol. The molecule has 0 saturated carbocycles. The van der Waals surface area contributed by atoms with Crippen LogP contribution in [0.15, 0.2) is 54.1 Å². The number of aliphatic hydroxyl groups excluding tert-OH is 1. The third-order valence-electron chi connectivity index (χ3n) is 3.98. The van der Waals surface area contributed by atoms with Crippen molar-refractivity contribution in [3.63, 3.8) is 0 Å². The van der Waals surface area contributed by atoms with Crippen LogP contribution in [-0.2, 0) is 0 Å². The Hall–Kier alpha value is -2.26. The second kappa shape index (κ2) is 6.24. The van der Waals surface area contributed by atoms with Crippen molar-refractivity contribution in [2.75, 3.05) is 7.11 Å². The fourth-order valence-electron chi connectivity index (χ4n) is 2.70. The Balaban J connectivity index is 2.01. The minimum absolute atomic E-state index is 0.268. The molecular formula is C19H20O3. The summed E-state index contributed by atoms with van der Waals surface area (Å²) in [6.07, 6.45) is 1.92. The van der Waals surface area contributed by atoms with Crippen molar-refractivity contribution in [1.82, 2.24) is 0 Å². The maximum atomic E-state index is 10.4. The Morgan fingerprint density at radius 2 is 1.86 bits per heavy atom. The molecule has 0 aromatic heterocycles. The van der Waals surface area contributed by atoms with Crippen molar-refractivity contribution in [3.8, 4) is 11.5 Å². The summed E-state index contributed by atoms with van der Waals surface area (Å²) in [5.41, 5.74) is 2.91. The minimum Gasteiger partial charge on any atom is -0.497 e. The van der Waals surface area contributed by atoms with Crippen molar-refractivity contribution >= 4 is 6.08 Å². The van der Waals surface area contributed by atoms with Gasteiger partial charge >= 0.3 is 0 Å². The van der Waals surface area contributed by atoms with Crippen LogP contribution in [0.3, 0.4) is 0 Å². The number of rotatable bonds is 4. The van der Waals surface area contributed by atoms with E-state index in [2.05, 4.69) is 0 Å². The molecule has 1 N–H and O–H groups in total. The second-order valence-electron chi connectivity index (χ2n) is 5.38. The molecule has 0 bridgehead atoms. The van der Waals surface area contributed by atoms with Crippen molar-refractivity contribution in [1.29, 1.82) is 0 Å². The highest BCUT2D eigenvalue weighted by molar-refractivity contribution is 5.64. The zero-order chi connectivity index (χ0) is 15.5. The van der Waals surface area contributed by atoms with Crippen molar-refractivity contribution in [3.05, 3.63) is 65.2 Å². The van der Waals surface area contributed by atoms with Crippen molar-refractivity contribution in [2.45, 2.75) is 25.6 Å². The Morgan fingerprint density at radius 1 is 1.14 bits per heavy atom. The normalized spacial score (nSPS) is 18.0. The van der Waals surface area contributed by atoms with Gasteiger partial charge in [0, 0.05) is 11.1 Å². The molecule has 1 aliphatic heterocycles. The Bertz CT molecular complexity index is 673. The molecule has 0 amide bonds. The molecule has 3 heteroatoms. The molecule has 2 aromatic carbocycles. The largest absolute Gasteiger partial charge is 0.497 e. The number of benzene rings is 2. The molecule has 1 aliphatic rings. The van der Waals surface area contributed by atoms with Gasteiger partial charge < -0.3 is 14.6 Å². The average Bonchev–Trinajstić information content (AvgIpc) is 2.60. The van der Waals surface area contributed by atoms with Crippen LogP contribution < -0.4 is 9.47 Å². The third-order valence-corrected chi connectivity index (χ3v) is 3.98. The van der Waals surface area contributed by atoms with Gasteiger partial charge in [-0.2, -0.15) is 0 Å². The second-order valence-corrected chi connectivity index (χ2v) is 5.38. The number of fused-ring (bicyclic) bond motifs is 1. The molecule has 1 heterocycles. The number of aliphatic hydroxyl groups is 1. The quantitative estimate of drug-likeness (QED) is 0.927. The van der Waals surface area contributed by atoms with Crippen molar-refractivity contribution in [2.24, 2.45) is 0 Å². The van der Waals surface area contributed by atoms with Gasteiger partial charge in [0.1, 0.15) is 17.6 Å². The van der Waals surface area contributed by atoms with E-state index in [1.807, 2.05) is 61.5 Å². The molecule has 114 valence electrons. The lowest BCUT2D eigenvalue weighted by atomic mass is 9.91. The Kier molecular flexibility index (Phi) is 4.16. The zero-order valence-corrected chi connectivity index (χ0v) is 12.8. The van der Waals surface area contributed by atoms with Crippen LogP contribution in [0.4, 0.5) is 0 Å². The lowest BCUT2D eigenvalue weighted by Gasteiger charge is -2.30. The van der Waals surface area contributed by atoms with Crippen LogP contribution in [0.1, 0.15) is 30.6 Å². The standard InChI is InChI=1S/C19H20O3/c1-3-17(20)16-12-14-6-4-5-7-18(14)22-19(16)13-8-10-15(21-2)11-9-13/h4-12,17,19-20H,3H2,1-2H3/t17-,19-/m1/s1. The van der Waals surface area contributed by atoms with Gasteiger partial charge in [-0.05, 0) is 36.3 Å². The first-order valence-electron chi connectivity index (χ1n) is 7.52. The fourth-order valence-corrected chi connectivity index (χ4v) is 2.70. The van der Waals surface area contributed by atoms with Gasteiger partial charge in [0.25, 0.3) is 0 Å². The average molecular weight is 296 g/mol.